The van der Waals surface area contributed by atoms with Crippen molar-refractivity contribution < 1.29 is 19.0 Å². The quantitative estimate of drug-likeness (QED) is 0.923. The number of nitrogens with zero attached hydrogens (tertiary/aromatic N) is 1. The van der Waals surface area contributed by atoms with Crippen LogP contribution in [-0.4, -0.2) is 49.9 Å². The minimum absolute atomic E-state index is 0.195. The number of hydrogen-bond acceptors (Lipinski definition) is 5. The third-order valence-electron chi connectivity index (χ3n) is 3.59. The van der Waals surface area contributed by atoms with Crippen LogP contribution in [0.1, 0.15) is 27.2 Å². The van der Waals surface area contributed by atoms with Crippen LogP contribution in [0.4, 0.5) is 10.5 Å². The number of likely N-dealkylation sites (tertiary alicyclic amines) is 1. The molecule has 1 aliphatic rings. The van der Waals surface area contributed by atoms with E-state index in [9.17, 15) is 4.79 Å². The Labute approximate surface area is 137 Å². The third kappa shape index (κ3) is 4.68. The highest BCUT2D eigenvalue weighted by Crippen LogP contribution is 2.30. The Morgan fingerprint density at radius 1 is 1.22 bits per heavy atom. The summed E-state index contributed by atoms with van der Waals surface area (Å²) < 4.78 is 15.9. The molecule has 0 saturated carbocycles. The van der Waals surface area contributed by atoms with Crippen molar-refractivity contribution in [3.05, 3.63) is 18.2 Å². The van der Waals surface area contributed by atoms with E-state index in [1.54, 1.807) is 19.1 Å². The molecule has 1 unspecified atom stereocenters. The van der Waals surface area contributed by atoms with Crippen LogP contribution in [0, 0.1) is 0 Å². The number of ether oxygens (including phenoxy) is 3. The molecule has 1 aliphatic heterocycles. The smallest absolute Gasteiger partial charge is 0.410 e. The lowest BCUT2D eigenvalue weighted by Gasteiger charge is -2.24. The molecule has 23 heavy (non-hydrogen) atoms. The highest BCUT2D eigenvalue weighted by Gasteiger charge is 2.29. The molecule has 1 N–H and O–H groups in total. The summed E-state index contributed by atoms with van der Waals surface area (Å²) in [5.74, 6) is 1.37. The minimum atomic E-state index is -0.466. The van der Waals surface area contributed by atoms with E-state index in [2.05, 4.69) is 5.32 Å². The molecule has 2 rings (SSSR count). The summed E-state index contributed by atoms with van der Waals surface area (Å²) >= 11 is 0. The zero-order valence-corrected chi connectivity index (χ0v) is 14.5. The van der Waals surface area contributed by atoms with Crippen LogP contribution in [0.2, 0.25) is 0 Å². The van der Waals surface area contributed by atoms with E-state index < -0.39 is 5.60 Å². The van der Waals surface area contributed by atoms with Gasteiger partial charge in [0.1, 0.15) is 5.60 Å². The maximum atomic E-state index is 12.1. The van der Waals surface area contributed by atoms with Gasteiger partial charge in [-0.2, -0.15) is 0 Å². The first-order valence-corrected chi connectivity index (χ1v) is 7.79. The van der Waals surface area contributed by atoms with Gasteiger partial charge in [0.15, 0.2) is 11.5 Å². The Balaban J connectivity index is 1.94. The normalized spacial score (nSPS) is 17.8. The number of nitrogens with one attached hydrogen (secondary N) is 1. The number of methoxy groups -OCH3 is 2. The lowest BCUT2D eigenvalue weighted by molar-refractivity contribution is 0.0293. The lowest BCUT2D eigenvalue weighted by atomic mass is 10.2. The second kappa shape index (κ2) is 6.98. The molecule has 1 heterocycles. The van der Waals surface area contributed by atoms with E-state index in [0.29, 0.717) is 24.6 Å². The van der Waals surface area contributed by atoms with Gasteiger partial charge in [0, 0.05) is 30.9 Å². The minimum Gasteiger partial charge on any atom is -0.493 e. The summed E-state index contributed by atoms with van der Waals surface area (Å²) in [6.07, 6.45) is 0.627. The molecule has 0 spiro atoms. The topological polar surface area (TPSA) is 60.0 Å². The summed E-state index contributed by atoms with van der Waals surface area (Å²) in [5, 5.41) is 3.43. The SMILES string of the molecule is COc1ccc(NC2CCN(C(=O)OC(C)(C)C)C2)cc1OC. The van der Waals surface area contributed by atoms with Gasteiger partial charge >= 0.3 is 6.09 Å². The fourth-order valence-corrected chi connectivity index (χ4v) is 2.53. The Morgan fingerprint density at radius 3 is 2.52 bits per heavy atom. The van der Waals surface area contributed by atoms with Crippen molar-refractivity contribution in [2.75, 3.05) is 32.6 Å². The van der Waals surface area contributed by atoms with Crippen molar-refractivity contribution in [2.24, 2.45) is 0 Å². The number of benzene rings is 1. The summed E-state index contributed by atoms with van der Waals surface area (Å²) in [5.41, 5.74) is 0.477. The molecular formula is C17H26N2O4. The van der Waals surface area contributed by atoms with Crippen molar-refractivity contribution in [1.82, 2.24) is 4.90 Å². The molecule has 6 heteroatoms. The van der Waals surface area contributed by atoms with Gasteiger partial charge in [0.05, 0.1) is 14.2 Å². The third-order valence-corrected chi connectivity index (χ3v) is 3.59. The molecule has 1 atom stereocenters. The maximum absolute atomic E-state index is 12.1. The van der Waals surface area contributed by atoms with Crippen LogP contribution in [0.25, 0.3) is 0 Å². The van der Waals surface area contributed by atoms with E-state index in [4.69, 9.17) is 14.2 Å². The van der Waals surface area contributed by atoms with Crippen molar-refractivity contribution in [1.29, 1.82) is 0 Å². The van der Waals surface area contributed by atoms with Gasteiger partial charge in [-0.15, -0.1) is 0 Å². The fraction of sp³-hybridized carbons (Fsp3) is 0.588. The molecule has 1 fully saturated rings. The second-order valence-electron chi connectivity index (χ2n) is 6.63. The molecule has 1 saturated heterocycles. The number of anilines is 1. The standard InChI is InChI=1S/C17H26N2O4/c1-17(2,3)23-16(20)19-9-8-13(11-19)18-12-6-7-14(21-4)15(10-12)22-5/h6-7,10,13,18H,8-9,11H2,1-5H3. The molecule has 1 aromatic carbocycles. The molecule has 6 nitrogen and oxygen atoms in total. The first-order chi connectivity index (χ1) is 10.8. The molecule has 1 amide bonds. The largest absolute Gasteiger partial charge is 0.493 e. The predicted molar refractivity (Wildman–Crippen MR) is 89.4 cm³/mol. The second-order valence-corrected chi connectivity index (χ2v) is 6.63. The molecule has 0 aromatic heterocycles. The molecule has 0 bridgehead atoms. The molecule has 1 aromatic rings. The van der Waals surface area contributed by atoms with Crippen LogP contribution in [0.3, 0.4) is 0 Å². The van der Waals surface area contributed by atoms with Crippen LogP contribution in [0.5, 0.6) is 11.5 Å². The van der Waals surface area contributed by atoms with Crippen molar-refractivity contribution >= 4 is 11.8 Å². The zero-order chi connectivity index (χ0) is 17.0. The highest BCUT2D eigenvalue weighted by molar-refractivity contribution is 5.68. The van der Waals surface area contributed by atoms with Gasteiger partial charge in [0.2, 0.25) is 0 Å². The number of carbonyl (C=O) groups excluding carboxylic acids is 1. The average Bonchev–Trinajstić information content (AvgIpc) is 2.94. The number of carbonyl (C=O) groups is 1. The first-order valence-electron chi connectivity index (χ1n) is 7.79. The lowest BCUT2D eigenvalue weighted by Crippen LogP contribution is -2.36. The van der Waals surface area contributed by atoms with Crippen LogP contribution >= 0.6 is 0 Å². The van der Waals surface area contributed by atoms with Gasteiger partial charge in [-0.05, 0) is 39.3 Å². The summed E-state index contributed by atoms with van der Waals surface area (Å²) in [6, 6.07) is 5.90. The van der Waals surface area contributed by atoms with E-state index in [1.807, 2.05) is 39.0 Å². The Hall–Kier alpha value is -2.11. The van der Waals surface area contributed by atoms with E-state index in [-0.39, 0.29) is 12.1 Å². The number of amides is 1. The van der Waals surface area contributed by atoms with Gasteiger partial charge in [0.25, 0.3) is 0 Å². The van der Waals surface area contributed by atoms with E-state index in [1.165, 1.54) is 0 Å². The summed E-state index contributed by atoms with van der Waals surface area (Å²) in [4.78, 5) is 13.8. The van der Waals surface area contributed by atoms with Crippen LogP contribution in [0.15, 0.2) is 18.2 Å². The average molecular weight is 322 g/mol. The van der Waals surface area contributed by atoms with Crippen molar-refractivity contribution in [3.8, 4) is 11.5 Å². The molecule has 0 aliphatic carbocycles. The van der Waals surface area contributed by atoms with Gasteiger partial charge in [-0.25, -0.2) is 4.79 Å². The predicted octanol–water partition coefficient (Wildman–Crippen LogP) is 3.13. The first kappa shape index (κ1) is 17.2. The number of hydrogen-bond donors (Lipinski definition) is 1. The van der Waals surface area contributed by atoms with Crippen LogP contribution in [-0.2, 0) is 4.74 Å². The summed E-state index contributed by atoms with van der Waals surface area (Å²) in [6.45, 7) is 6.95. The van der Waals surface area contributed by atoms with E-state index >= 15 is 0 Å². The fourth-order valence-electron chi connectivity index (χ4n) is 2.53. The van der Waals surface area contributed by atoms with E-state index in [0.717, 1.165) is 12.1 Å². The van der Waals surface area contributed by atoms with Crippen molar-refractivity contribution in [2.45, 2.75) is 38.8 Å². The Bertz CT molecular complexity index is 554. The Kier molecular flexibility index (Phi) is 5.23. The number of rotatable bonds is 4. The zero-order valence-electron chi connectivity index (χ0n) is 14.5. The highest BCUT2D eigenvalue weighted by atomic mass is 16.6. The summed E-state index contributed by atoms with van der Waals surface area (Å²) in [7, 11) is 3.22. The van der Waals surface area contributed by atoms with Gasteiger partial charge in [-0.1, -0.05) is 0 Å². The molecular weight excluding hydrogens is 296 g/mol. The Morgan fingerprint density at radius 2 is 1.91 bits per heavy atom. The molecule has 0 radical (unpaired) electrons. The maximum Gasteiger partial charge on any atom is 0.410 e. The monoisotopic (exact) mass is 322 g/mol. The van der Waals surface area contributed by atoms with Gasteiger partial charge in [-0.3, -0.25) is 0 Å². The van der Waals surface area contributed by atoms with Crippen LogP contribution < -0.4 is 14.8 Å². The van der Waals surface area contributed by atoms with Crippen molar-refractivity contribution in [3.63, 3.8) is 0 Å². The molecule has 128 valence electrons. The van der Waals surface area contributed by atoms with Gasteiger partial charge < -0.3 is 24.4 Å².